The molecule has 1 saturated carbocycles. The Morgan fingerprint density at radius 3 is 2.35 bits per heavy atom. The summed E-state index contributed by atoms with van der Waals surface area (Å²) in [6.45, 7) is 16.0. The number of thiol groups is 1. The summed E-state index contributed by atoms with van der Waals surface area (Å²) in [5.74, 6) is 0.598. The quantitative estimate of drug-likeness (QED) is 0.613. The predicted octanol–water partition coefficient (Wildman–Crippen LogP) is 3.55. The molecule has 4 atom stereocenters. The molecule has 26 heavy (non-hydrogen) atoms. The fourth-order valence-electron chi connectivity index (χ4n) is 4.56. The van der Waals surface area contributed by atoms with Gasteiger partial charge in [0.2, 0.25) is 0 Å². The monoisotopic (exact) mass is 371 g/mol. The molecule has 1 aromatic rings. The van der Waals surface area contributed by atoms with Crippen LogP contribution in [0.3, 0.4) is 0 Å². The number of nitrogens with two attached hydrogens (primary N) is 1. The van der Waals surface area contributed by atoms with Crippen molar-refractivity contribution in [3.8, 4) is 0 Å². The molecule has 0 bridgehead atoms. The Balaban J connectivity index is 1.61. The zero-order chi connectivity index (χ0) is 18.7. The second-order valence-corrected chi connectivity index (χ2v) is 8.61. The Hall–Kier alpha value is -1.23. The standard InChI is InChI=1S/C22H33N3S/c1-16(2)21-20(26)10-9-19(23)22(21)17(3)25-13-11-24(12-14-25)15-18-7-5-4-6-8-18/h4-8,19-22,26H,1,3,9-15,23H2,2H3/t19-,20+,21?,22?/m0/s1. The molecule has 1 saturated heterocycles. The SMILES string of the molecule is C=C(C)C1C(C(=C)N2CCN(Cc3ccccc3)CC2)[C@@H](N)CC[C@H]1S. The molecule has 142 valence electrons. The number of allylic oxidation sites excluding steroid dienone is 1. The van der Waals surface area contributed by atoms with Gasteiger partial charge in [-0.15, -0.1) is 0 Å². The summed E-state index contributed by atoms with van der Waals surface area (Å²) in [7, 11) is 0. The summed E-state index contributed by atoms with van der Waals surface area (Å²) in [6.07, 6.45) is 2.09. The second-order valence-electron chi connectivity index (χ2n) is 7.95. The molecule has 2 aliphatic rings. The van der Waals surface area contributed by atoms with E-state index in [0.717, 1.165) is 45.6 Å². The molecule has 1 aromatic carbocycles. The van der Waals surface area contributed by atoms with Crippen molar-refractivity contribution in [2.24, 2.45) is 17.6 Å². The summed E-state index contributed by atoms with van der Waals surface area (Å²) < 4.78 is 0. The molecule has 1 aliphatic heterocycles. The fraction of sp³-hybridized carbons (Fsp3) is 0.545. The van der Waals surface area contributed by atoms with Crippen molar-refractivity contribution in [3.05, 3.63) is 60.3 Å². The Bertz CT molecular complexity index is 622. The second kappa shape index (κ2) is 8.64. The first kappa shape index (κ1) is 19.5. The van der Waals surface area contributed by atoms with Crippen LogP contribution >= 0.6 is 12.6 Å². The van der Waals surface area contributed by atoms with Crippen molar-refractivity contribution in [2.75, 3.05) is 26.2 Å². The van der Waals surface area contributed by atoms with Gasteiger partial charge in [-0.2, -0.15) is 12.6 Å². The van der Waals surface area contributed by atoms with Crippen LogP contribution in [0.25, 0.3) is 0 Å². The number of benzene rings is 1. The molecule has 0 amide bonds. The van der Waals surface area contributed by atoms with E-state index in [1.165, 1.54) is 16.8 Å². The third-order valence-corrected chi connectivity index (χ3v) is 6.62. The van der Waals surface area contributed by atoms with Crippen LogP contribution < -0.4 is 5.73 Å². The number of hydrogen-bond acceptors (Lipinski definition) is 4. The van der Waals surface area contributed by atoms with Crippen molar-refractivity contribution >= 4 is 12.6 Å². The molecule has 4 heteroatoms. The van der Waals surface area contributed by atoms with Crippen LogP contribution in [-0.4, -0.2) is 47.3 Å². The van der Waals surface area contributed by atoms with Crippen molar-refractivity contribution < 1.29 is 0 Å². The number of rotatable bonds is 5. The minimum absolute atomic E-state index is 0.162. The molecule has 2 N–H and O–H groups in total. The molecule has 3 nitrogen and oxygen atoms in total. The number of nitrogens with zero attached hydrogens (tertiary/aromatic N) is 2. The maximum absolute atomic E-state index is 6.53. The van der Waals surface area contributed by atoms with Gasteiger partial charge in [0.1, 0.15) is 0 Å². The van der Waals surface area contributed by atoms with Crippen LogP contribution in [0.15, 0.2) is 54.8 Å². The molecule has 1 heterocycles. The van der Waals surface area contributed by atoms with Crippen LogP contribution in [0.5, 0.6) is 0 Å². The van der Waals surface area contributed by atoms with Gasteiger partial charge in [0, 0.05) is 61.5 Å². The molecule has 0 radical (unpaired) electrons. The zero-order valence-electron chi connectivity index (χ0n) is 16.0. The van der Waals surface area contributed by atoms with Gasteiger partial charge in [-0.3, -0.25) is 4.90 Å². The molecule has 0 aromatic heterocycles. The molecule has 2 unspecified atom stereocenters. The molecule has 2 fully saturated rings. The minimum atomic E-state index is 0.162. The molecule has 0 spiro atoms. The van der Waals surface area contributed by atoms with Gasteiger partial charge >= 0.3 is 0 Å². The van der Waals surface area contributed by atoms with Gasteiger partial charge in [0.25, 0.3) is 0 Å². The third kappa shape index (κ3) is 4.36. The summed E-state index contributed by atoms with van der Waals surface area (Å²) in [6, 6.07) is 10.9. The predicted molar refractivity (Wildman–Crippen MR) is 114 cm³/mol. The highest BCUT2D eigenvalue weighted by atomic mass is 32.1. The molecule has 1 aliphatic carbocycles. The normalized spacial score (nSPS) is 30.2. The van der Waals surface area contributed by atoms with Crippen LogP contribution in [-0.2, 0) is 6.54 Å². The van der Waals surface area contributed by atoms with E-state index in [1.807, 2.05) is 0 Å². The average Bonchev–Trinajstić information content (AvgIpc) is 2.64. The van der Waals surface area contributed by atoms with E-state index in [2.05, 4.69) is 60.2 Å². The maximum atomic E-state index is 6.53. The van der Waals surface area contributed by atoms with E-state index in [0.29, 0.717) is 11.2 Å². The summed E-state index contributed by atoms with van der Waals surface area (Å²) in [4.78, 5) is 4.98. The average molecular weight is 372 g/mol. The van der Waals surface area contributed by atoms with Gasteiger partial charge in [-0.25, -0.2) is 0 Å². The van der Waals surface area contributed by atoms with Gasteiger partial charge in [-0.1, -0.05) is 49.1 Å². The molecule has 3 rings (SSSR count). The van der Waals surface area contributed by atoms with Crippen LogP contribution in [0.4, 0.5) is 0 Å². The van der Waals surface area contributed by atoms with Gasteiger partial charge < -0.3 is 10.6 Å². The largest absolute Gasteiger partial charge is 0.372 e. The molecular weight excluding hydrogens is 338 g/mol. The van der Waals surface area contributed by atoms with Crippen LogP contribution in [0, 0.1) is 11.8 Å². The van der Waals surface area contributed by atoms with Crippen LogP contribution in [0.1, 0.15) is 25.3 Å². The van der Waals surface area contributed by atoms with Crippen molar-refractivity contribution in [1.82, 2.24) is 9.80 Å². The Morgan fingerprint density at radius 1 is 1.08 bits per heavy atom. The van der Waals surface area contributed by atoms with E-state index in [-0.39, 0.29) is 12.0 Å². The summed E-state index contributed by atoms with van der Waals surface area (Å²) >= 11 is 4.84. The highest BCUT2D eigenvalue weighted by molar-refractivity contribution is 7.81. The lowest BCUT2D eigenvalue weighted by Gasteiger charge is -2.46. The van der Waals surface area contributed by atoms with E-state index >= 15 is 0 Å². The third-order valence-electron chi connectivity index (χ3n) is 6.04. The Morgan fingerprint density at radius 2 is 1.73 bits per heavy atom. The lowest BCUT2D eigenvalue weighted by Crippen LogP contribution is -2.51. The lowest BCUT2D eigenvalue weighted by molar-refractivity contribution is 0.127. The van der Waals surface area contributed by atoms with Crippen molar-refractivity contribution in [2.45, 2.75) is 37.6 Å². The first-order valence-corrected chi connectivity index (χ1v) is 10.3. The van der Waals surface area contributed by atoms with E-state index < -0.39 is 0 Å². The van der Waals surface area contributed by atoms with Crippen molar-refractivity contribution in [1.29, 1.82) is 0 Å². The summed E-state index contributed by atoms with van der Waals surface area (Å²) in [5.41, 5.74) is 10.3. The molecular formula is C22H33N3S. The summed E-state index contributed by atoms with van der Waals surface area (Å²) in [5, 5.41) is 0.341. The number of hydrogen-bond donors (Lipinski definition) is 2. The highest BCUT2D eigenvalue weighted by Gasteiger charge is 2.40. The topological polar surface area (TPSA) is 32.5 Å². The van der Waals surface area contributed by atoms with E-state index in [1.54, 1.807) is 0 Å². The van der Waals surface area contributed by atoms with E-state index in [9.17, 15) is 0 Å². The smallest absolute Gasteiger partial charge is 0.0303 e. The van der Waals surface area contributed by atoms with Crippen LogP contribution in [0.2, 0.25) is 0 Å². The Kier molecular flexibility index (Phi) is 6.49. The maximum Gasteiger partial charge on any atom is 0.0303 e. The van der Waals surface area contributed by atoms with Gasteiger partial charge in [0.15, 0.2) is 0 Å². The first-order chi connectivity index (χ1) is 12.5. The Labute approximate surface area is 164 Å². The van der Waals surface area contributed by atoms with Crippen molar-refractivity contribution in [3.63, 3.8) is 0 Å². The first-order valence-electron chi connectivity index (χ1n) is 9.76. The van der Waals surface area contributed by atoms with E-state index in [4.69, 9.17) is 18.4 Å². The zero-order valence-corrected chi connectivity index (χ0v) is 16.9. The highest BCUT2D eigenvalue weighted by Crippen LogP contribution is 2.41. The minimum Gasteiger partial charge on any atom is -0.372 e. The lowest BCUT2D eigenvalue weighted by atomic mass is 9.71. The number of piperazine rings is 1. The van der Waals surface area contributed by atoms with Gasteiger partial charge in [0.05, 0.1) is 0 Å². The van der Waals surface area contributed by atoms with Gasteiger partial charge in [-0.05, 0) is 25.3 Å². The fourth-order valence-corrected chi connectivity index (χ4v) is 5.15.